The Morgan fingerprint density at radius 2 is 1.83 bits per heavy atom. The minimum atomic E-state index is -0.532. The number of benzene rings is 3. The van der Waals surface area contributed by atoms with Crippen molar-refractivity contribution in [3.8, 4) is 11.5 Å². The van der Waals surface area contributed by atoms with Gasteiger partial charge < -0.3 is 19.7 Å². The van der Waals surface area contributed by atoms with E-state index in [-0.39, 0.29) is 24.0 Å². The molecule has 0 fully saturated rings. The van der Waals surface area contributed by atoms with E-state index < -0.39 is 6.04 Å². The third kappa shape index (κ3) is 5.19. The van der Waals surface area contributed by atoms with E-state index in [1.165, 1.54) is 6.92 Å². The molecule has 0 spiro atoms. The fourth-order valence-corrected chi connectivity index (χ4v) is 4.31. The van der Waals surface area contributed by atoms with Gasteiger partial charge >= 0.3 is 0 Å². The fourth-order valence-electron chi connectivity index (χ4n) is 4.31. The second-order valence-electron chi connectivity index (χ2n) is 8.34. The lowest BCUT2D eigenvalue weighted by atomic mass is 10.0. The van der Waals surface area contributed by atoms with Crippen molar-refractivity contribution < 1.29 is 23.9 Å². The van der Waals surface area contributed by atoms with Crippen molar-refractivity contribution in [2.75, 3.05) is 19.0 Å². The van der Waals surface area contributed by atoms with Gasteiger partial charge in [0.05, 0.1) is 26.2 Å². The van der Waals surface area contributed by atoms with Gasteiger partial charge in [-0.15, -0.1) is 0 Å². The molecule has 1 aliphatic rings. The number of nitrogens with one attached hydrogen (secondary N) is 1. The number of hydrogen-bond donors (Lipinski definition) is 1. The summed E-state index contributed by atoms with van der Waals surface area (Å²) >= 11 is 0. The zero-order chi connectivity index (χ0) is 24.9. The minimum Gasteiger partial charge on any atom is -0.493 e. The number of rotatable bonds is 9. The van der Waals surface area contributed by atoms with Crippen molar-refractivity contribution in [3.63, 3.8) is 0 Å². The highest BCUT2D eigenvalue weighted by Crippen LogP contribution is 2.37. The van der Waals surface area contributed by atoms with Crippen molar-refractivity contribution in [1.29, 1.82) is 0 Å². The average molecular weight is 473 g/mol. The lowest BCUT2D eigenvalue weighted by Crippen LogP contribution is -2.32. The maximum absolute atomic E-state index is 13.3. The lowest BCUT2D eigenvalue weighted by molar-refractivity contribution is -0.117. The Kier molecular flexibility index (Phi) is 7.15. The molecule has 0 saturated heterocycles. The summed E-state index contributed by atoms with van der Waals surface area (Å²) in [7, 11) is 1.56. The summed E-state index contributed by atoms with van der Waals surface area (Å²) in [5.41, 5.74) is 3.38. The first-order valence-electron chi connectivity index (χ1n) is 11.5. The van der Waals surface area contributed by atoms with Crippen LogP contribution in [-0.4, -0.2) is 36.2 Å². The average Bonchev–Trinajstić information content (AvgIpc) is 3.19. The number of amides is 2. The van der Waals surface area contributed by atoms with Gasteiger partial charge in [0.15, 0.2) is 17.3 Å². The van der Waals surface area contributed by atoms with E-state index in [0.29, 0.717) is 41.5 Å². The highest BCUT2D eigenvalue weighted by molar-refractivity contribution is 6.00. The topological polar surface area (TPSA) is 84.9 Å². The number of Topliss-reactive ketones (excluding diaryl/α,β-unsaturated/α-hetero) is 1. The largest absolute Gasteiger partial charge is 0.493 e. The Morgan fingerprint density at radius 1 is 1.03 bits per heavy atom. The van der Waals surface area contributed by atoms with Gasteiger partial charge in [-0.05, 0) is 55.3 Å². The maximum atomic E-state index is 13.3. The molecule has 0 aromatic heterocycles. The molecule has 1 N–H and O–H groups in total. The van der Waals surface area contributed by atoms with Crippen LogP contribution >= 0.6 is 0 Å². The molecule has 35 heavy (non-hydrogen) atoms. The third-order valence-corrected chi connectivity index (χ3v) is 6.03. The number of anilines is 1. The number of ether oxygens (including phenoxy) is 2. The predicted octanol–water partition coefficient (Wildman–Crippen LogP) is 5.02. The monoisotopic (exact) mass is 472 g/mol. The van der Waals surface area contributed by atoms with Crippen molar-refractivity contribution >= 4 is 23.3 Å². The summed E-state index contributed by atoms with van der Waals surface area (Å²) < 4.78 is 11.2. The van der Waals surface area contributed by atoms with E-state index in [2.05, 4.69) is 5.32 Å². The second-order valence-corrected chi connectivity index (χ2v) is 8.34. The van der Waals surface area contributed by atoms with Gasteiger partial charge in [0, 0.05) is 23.4 Å². The molecule has 4 rings (SSSR count). The molecule has 0 aliphatic carbocycles. The second kappa shape index (κ2) is 10.4. The molecule has 1 heterocycles. The van der Waals surface area contributed by atoms with Crippen LogP contribution in [0.15, 0.2) is 66.7 Å². The van der Waals surface area contributed by atoms with Crippen molar-refractivity contribution in [1.82, 2.24) is 4.90 Å². The van der Waals surface area contributed by atoms with Gasteiger partial charge in [-0.25, -0.2) is 0 Å². The van der Waals surface area contributed by atoms with Crippen LogP contribution in [0.5, 0.6) is 11.5 Å². The fraction of sp³-hybridized carbons (Fsp3) is 0.250. The van der Waals surface area contributed by atoms with E-state index in [1.807, 2.05) is 37.3 Å². The van der Waals surface area contributed by atoms with Gasteiger partial charge in [-0.1, -0.05) is 36.4 Å². The van der Waals surface area contributed by atoms with Gasteiger partial charge in [0.2, 0.25) is 5.91 Å². The molecule has 0 radical (unpaired) electrons. The van der Waals surface area contributed by atoms with Crippen molar-refractivity contribution in [2.45, 2.75) is 32.9 Å². The third-order valence-electron chi connectivity index (χ3n) is 6.03. The van der Waals surface area contributed by atoms with Crippen LogP contribution in [0.4, 0.5) is 5.69 Å². The molecule has 1 aliphatic heterocycles. The number of methoxy groups -OCH3 is 1. The zero-order valence-corrected chi connectivity index (χ0v) is 20.0. The highest BCUT2D eigenvalue weighted by Gasteiger charge is 2.35. The van der Waals surface area contributed by atoms with E-state index in [0.717, 1.165) is 11.1 Å². The molecule has 0 bridgehead atoms. The molecular formula is C28H28N2O5. The van der Waals surface area contributed by atoms with E-state index in [1.54, 1.807) is 48.4 Å². The Bertz CT molecular complexity index is 1270. The normalized spacial score (nSPS) is 13.2. The van der Waals surface area contributed by atoms with Gasteiger partial charge in [-0.2, -0.15) is 0 Å². The first-order valence-corrected chi connectivity index (χ1v) is 11.5. The van der Waals surface area contributed by atoms with Crippen LogP contribution in [0.25, 0.3) is 0 Å². The van der Waals surface area contributed by atoms with Crippen molar-refractivity contribution in [3.05, 3.63) is 89.0 Å². The summed E-state index contributed by atoms with van der Waals surface area (Å²) in [6, 6.07) is 19.2. The lowest BCUT2D eigenvalue weighted by Gasteiger charge is -2.28. The first kappa shape index (κ1) is 24.0. The highest BCUT2D eigenvalue weighted by atomic mass is 16.5. The van der Waals surface area contributed by atoms with Crippen LogP contribution in [0.1, 0.15) is 58.2 Å². The number of ketones is 1. The summed E-state index contributed by atoms with van der Waals surface area (Å²) in [5, 5.41) is 2.87. The number of nitrogens with zero attached hydrogens (tertiary/aromatic N) is 1. The van der Waals surface area contributed by atoms with E-state index in [9.17, 15) is 14.4 Å². The Morgan fingerprint density at radius 3 is 2.54 bits per heavy atom. The number of carbonyl (C=O) groups is 3. The molecule has 0 saturated carbocycles. The van der Waals surface area contributed by atoms with Crippen molar-refractivity contribution in [2.24, 2.45) is 0 Å². The number of carbonyl (C=O) groups excluding carboxylic acids is 3. The summed E-state index contributed by atoms with van der Waals surface area (Å²) in [6.45, 7) is 4.26. The summed E-state index contributed by atoms with van der Waals surface area (Å²) in [5.74, 6) is 0.658. The predicted molar refractivity (Wildman–Crippen MR) is 133 cm³/mol. The van der Waals surface area contributed by atoms with E-state index in [4.69, 9.17) is 9.47 Å². The van der Waals surface area contributed by atoms with Crippen LogP contribution in [0.3, 0.4) is 0 Å². The van der Waals surface area contributed by atoms with Gasteiger partial charge in [-0.3, -0.25) is 14.4 Å². The Balaban J connectivity index is 1.65. The van der Waals surface area contributed by atoms with Crippen LogP contribution in [0, 0.1) is 0 Å². The van der Waals surface area contributed by atoms with Gasteiger partial charge in [0.25, 0.3) is 5.91 Å². The smallest absolute Gasteiger partial charge is 0.255 e. The zero-order valence-electron chi connectivity index (χ0n) is 20.0. The molecular weight excluding hydrogens is 444 g/mol. The standard InChI is InChI=1S/C28H28N2O5/c1-4-35-25-13-12-20(15-26(25)34-3)24(30-17-21-8-5-6-11-23(21)28(30)33)16-27(32)29-22-10-7-9-19(14-22)18(2)31/h5-15,24H,4,16-17H2,1-3H3,(H,29,32). The Hall–Kier alpha value is -4.13. The molecule has 1 unspecified atom stereocenters. The summed E-state index contributed by atoms with van der Waals surface area (Å²) in [6.07, 6.45) is 0.0289. The molecule has 180 valence electrons. The van der Waals surface area contributed by atoms with Crippen LogP contribution in [-0.2, 0) is 11.3 Å². The molecule has 7 nitrogen and oxygen atoms in total. The molecule has 3 aromatic carbocycles. The maximum Gasteiger partial charge on any atom is 0.255 e. The first-order chi connectivity index (χ1) is 16.9. The minimum absolute atomic E-state index is 0.0289. The summed E-state index contributed by atoms with van der Waals surface area (Å²) in [4.78, 5) is 39.9. The number of fused-ring (bicyclic) bond motifs is 1. The van der Waals surface area contributed by atoms with Gasteiger partial charge in [0.1, 0.15) is 0 Å². The molecule has 7 heteroatoms. The molecule has 2 amide bonds. The molecule has 1 atom stereocenters. The Labute approximate surface area is 204 Å². The van der Waals surface area contributed by atoms with E-state index >= 15 is 0 Å². The quantitative estimate of drug-likeness (QED) is 0.442. The number of hydrogen-bond acceptors (Lipinski definition) is 5. The van der Waals surface area contributed by atoms with Crippen LogP contribution in [0.2, 0.25) is 0 Å². The SMILES string of the molecule is CCOc1ccc(C(CC(=O)Nc2cccc(C(C)=O)c2)N2Cc3ccccc3C2=O)cc1OC. The van der Waals surface area contributed by atoms with Crippen LogP contribution < -0.4 is 14.8 Å². The molecule has 3 aromatic rings.